The number of likely N-dealkylation sites (tertiary alicyclic amines) is 1. The molecule has 0 spiro atoms. The summed E-state index contributed by atoms with van der Waals surface area (Å²) in [4.78, 5) is 12.3. The van der Waals surface area contributed by atoms with Gasteiger partial charge < -0.3 is 15.3 Å². The van der Waals surface area contributed by atoms with Crippen LogP contribution in [0.3, 0.4) is 0 Å². The molecule has 0 aromatic carbocycles. The van der Waals surface area contributed by atoms with Crippen LogP contribution in [0.1, 0.15) is 13.3 Å². The van der Waals surface area contributed by atoms with E-state index in [2.05, 4.69) is 0 Å². The minimum absolute atomic E-state index is 0.252. The first-order chi connectivity index (χ1) is 6.00. The highest BCUT2D eigenvalue weighted by atomic mass is 16.4. The molecule has 0 bridgehead atoms. The third kappa shape index (κ3) is 2.65. The van der Waals surface area contributed by atoms with Crippen molar-refractivity contribution in [1.29, 1.82) is 0 Å². The smallest absolute Gasteiger partial charge is 0.321 e. The molecule has 3 N–H and O–H groups in total. The second-order valence-corrected chi connectivity index (χ2v) is 3.55. The van der Waals surface area contributed by atoms with Crippen LogP contribution in [0.2, 0.25) is 0 Å². The predicted molar refractivity (Wildman–Crippen MR) is 45.3 cm³/mol. The molecule has 1 fully saturated rings. The normalized spacial score (nSPS) is 31.9. The van der Waals surface area contributed by atoms with Crippen LogP contribution in [-0.2, 0) is 4.79 Å². The Labute approximate surface area is 76.6 Å². The van der Waals surface area contributed by atoms with Gasteiger partial charge in [-0.2, -0.15) is 0 Å². The lowest BCUT2D eigenvalue weighted by Gasteiger charge is -2.21. The maximum absolute atomic E-state index is 10.7. The van der Waals surface area contributed by atoms with Crippen LogP contribution in [0.15, 0.2) is 0 Å². The van der Waals surface area contributed by atoms with Gasteiger partial charge in [-0.15, -0.1) is 0 Å². The molecule has 0 aromatic heterocycles. The number of carbonyl (C=O) groups is 1. The van der Waals surface area contributed by atoms with Crippen LogP contribution in [0.4, 0.5) is 0 Å². The van der Waals surface area contributed by atoms with Crippen molar-refractivity contribution in [2.75, 3.05) is 13.1 Å². The number of β-amino-alcohol motifs (C(OH)–C–C–N with tert-alkyl or cyclic N) is 2. The first kappa shape index (κ1) is 10.4. The van der Waals surface area contributed by atoms with Crippen LogP contribution in [0, 0.1) is 0 Å². The maximum atomic E-state index is 10.7. The molecule has 1 aliphatic rings. The van der Waals surface area contributed by atoms with E-state index in [9.17, 15) is 9.90 Å². The van der Waals surface area contributed by atoms with Gasteiger partial charge in [0, 0.05) is 19.5 Å². The Balaban J connectivity index is 2.55. The summed E-state index contributed by atoms with van der Waals surface area (Å²) in [6, 6.07) is -0.649. The van der Waals surface area contributed by atoms with Gasteiger partial charge in [-0.1, -0.05) is 0 Å². The Morgan fingerprint density at radius 1 is 1.69 bits per heavy atom. The van der Waals surface area contributed by atoms with Crippen molar-refractivity contribution in [2.45, 2.75) is 31.6 Å². The molecule has 0 amide bonds. The molecule has 3 atom stereocenters. The summed E-state index contributed by atoms with van der Waals surface area (Å²) in [6.45, 7) is 2.24. The van der Waals surface area contributed by atoms with Gasteiger partial charge in [0.05, 0.1) is 12.2 Å². The Morgan fingerprint density at radius 2 is 2.31 bits per heavy atom. The van der Waals surface area contributed by atoms with E-state index in [0.29, 0.717) is 13.1 Å². The van der Waals surface area contributed by atoms with Crippen molar-refractivity contribution in [2.24, 2.45) is 0 Å². The highest BCUT2D eigenvalue weighted by Gasteiger charge is 2.36. The number of aliphatic hydroxyl groups excluding tert-OH is 2. The Hall–Kier alpha value is -0.650. The standard InChI is InChI=1S/C8H15NO4/c1-5(10)3-9-4-6(11)2-7(9)8(12)13/h5-7,10-11H,2-4H2,1H3,(H,12,13)/t5?,6?,7-/m0/s1. The van der Waals surface area contributed by atoms with Gasteiger partial charge in [-0.3, -0.25) is 9.69 Å². The Bertz CT molecular complexity index is 195. The summed E-state index contributed by atoms with van der Waals surface area (Å²) in [6.07, 6.45) is -0.894. The van der Waals surface area contributed by atoms with Gasteiger partial charge in [-0.05, 0) is 6.92 Å². The largest absolute Gasteiger partial charge is 0.480 e. The first-order valence-corrected chi connectivity index (χ1v) is 4.33. The van der Waals surface area contributed by atoms with E-state index in [1.165, 1.54) is 0 Å². The Kier molecular flexibility index (Phi) is 3.24. The molecule has 0 aliphatic carbocycles. The van der Waals surface area contributed by atoms with Crippen molar-refractivity contribution >= 4 is 5.97 Å². The lowest BCUT2D eigenvalue weighted by Crippen LogP contribution is -2.40. The van der Waals surface area contributed by atoms with Gasteiger partial charge in [0.15, 0.2) is 0 Å². The van der Waals surface area contributed by atoms with Gasteiger partial charge in [0.25, 0.3) is 0 Å². The first-order valence-electron chi connectivity index (χ1n) is 4.33. The zero-order chi connectivity index (χ0) is 10.0. The summed E-state index contributed by atoms with van der Waals surface area (Å²) in [5.41, 5.74) is 0. The van der Waals surface area contributed by atoms with E-state index >= 15 is 0 Å². The number of aliphatic hydroxyl groups is 2. The maximum Gasteiger partial charge on any atom is 0.321 e. The van der Waals surface area contributed by atoms with Crippen molar-refractivity contribution in [3.05, 3.63) is 0 Å². The molecule has 1 heterocycles. The molecule has 1 saturated heterocycles. The molecule has 0 radical (unpaired) electrons. The van der Waals surface area contributed by atoms with Gasteiger partial charge in [-0.25, -0.2) is 0 Å². The van der Waals surface area contributed by atoms with Crippen LogP contribution in [-0.4, -0.2) is 57.5 Å². The molecule has 0 saturated carbocycles. The fourth-order valence-corrected chi connectivity index (χ4v) is 1.68. The second-order valence-electron chi connectivity index (χ2n) is 3.55. The molecule has 1 aliphatic heterocycles. The van der Waals surface area contributed by atoms with E-state index in [1.807, 2.05) is 0 Å². The molecule has 5 nitrogen and oxygen atoms in total. The number of carboxylic acid groups (broad SMARTS) is 1. The van der Waals surface area contributed by atoms with Crippen LogP contribution in [0.25, 0.3) is 0 Å². The molecule has 1 rings (SSSR count). The van der Waals surface area contributed by atoms with E-state index in [-0.39, 0.29) is 6.42 Å². The SMILES string of the molecule is CC(O)CN1CC(O)C[C@H]1C(=O)O. The number of rotatable bonds is 3. The summed E-state index contributed by atoms with van der Waals surface area (Å²) in [5, 5.41) is 27.1. The van der Waals surface area contributed by atoms with E-state index in [1.54, 1.807) is 11.8 Å². The van der Waals surface area contributed by atoms with Crippen LogP contribution in [0.5, 0.6) is 0 Å². The van der Waals surface area contributed by atoms with Gasteiger partial charge in [0.1, 0.15) is 6.04 Å². The number of aliphatic carboxylic acids is 1. The average Bonchev–Trinajstić information content (AvgIpc) is 2.29. The third-order valence-corrected chi connectivity index (χ3v) is 2.17. The molecule has 13 heavy (non-hydrogen) atoms. The summed E-state index contributed by atoms with van der Waals surface area (Å²) in [5.74, 6) is -0.933. The topological polar surface area (TPSA) is 81.0 Å². The predicted octanol–water partition coefficient (Wildman–Crippen LogP) is -1.11. The summed E-state index contributed by atoms with van der Waals surface area (Å²) >= 11 is 0. The average molecular weight is 189 g/mol. The number of carboxylic acids is 1. The molecule has 76 valence electrons. The zero-order valence-corrected chi connectivity index (χ0v) is 7.55. The van der Waals surface area contributed by atoms with E-state index in [4.69, 9.17) is 10.2 Å². The fourth-order valence-electron chi connectivity index (χ4n) is 1.68. The molecular weight excluding hydrogens is 174 g/mol. The van der Waals surface area contributed by atoms with Crippen molar-refractivity contribution in [3.63, 3.8) is 0 Å². The quantitative estimate of drug-likeness (QED) is 0.524. The highest BCUT2D eigenvalue weighted by Crippen LogP contribution is 2.17. The fraction of sp³-hybridized carbons (Fsp3) is 0.875. The molecule has 5 heteroatoms. The van der Waals surface area contributed by atoms with Crippen molar-refractivity contribution in [1.82, 2.24) is 4.90 Å². The van der Waals surface area contributed by atoms with Gasteiger partial charge >= 0.3 is 5.97 Å². The van der Waals surface area contributed by atoms with Crippen molar-refractivity contribution < 1.29 is 20.1 Å². The van der Waals surface area contributed by atoms with E-state index < -0.39 is 24.2 Å². The van der Waals surface area contributed by atoms with E-state index in [0.717, 1.165) is 0 Å². The third-order valence-electron chi connectivity index (χ3n) is 2.17. The molecule has 0 aromatic rings. The van der Waals surface area contributed by atoms with Gasteiger partial charge in [0.2, 0.25) is 0 Å². The number of hydrogen-bond acceptors (Lipinski definition) is 4. The monoisotopic (exact) mass is 189 g/mol. The minimum Gasteiger partial charge on any atom is -0.480 e. The lowest BCUT2D eigenvalue weighted by atomic mass is 10.2. The van der Waals surface area contributed by atoms with Crippen LogP contribution >= 0.6 is 0 Å². The minimum atomic E-state index is -0.933. The molecule has 2 unspecified atom stereocenters. The van der Waals surface area contributed by atoms with Crippen molar-refractivity contribution in [3.8, 4) is 0 Å². The number of hydrogen-bond donors (Lipinski definition) is 3. The second kappa shape index (κ2) is 4.04. The zero-order valence-electron chi connectivity index (χ0n) is 7.55. The lowest BCUT2D eigenvalue weighted by molar-refractivity contribution is -0.142. The summed E-state index contributed by atoms with van der Waals surface area (Å²) < 4.78 is 0. The summed E-state index contributed by atoms with van der Waals surface area (Å²) in [7, 11) is 0. The molecular formula is C8H15NO4. The number of nitrogens with zero attached hydrogens (tertiary/aromatic N) is 1. The highest BCUT2D eigenvalue weighted by molar-refractivity contribution is 5.74. The van der Waals surface area contributed by atoms with Crippen LogP contribution < -0.4 is 0 Å². The Morgan fingerprint density at radius 3 is 2.77 bits per heavy atom.